The van der Waals surface area contributed by atoms with Crippen molar-refractivity contribution in [3.63, 3.8) is 0 Å². The number of fused-ring (bicyclic) bond motifs is 1. The van der Waals surface area contributed by atoms with Gasteiger partial charge >= 0.3 is 0 Å². The van der Waals surface area contributed by atoms with Crippen LogP contribution in [0.4, 0.5) is 11.5 Å². The van der Waals surface area contributed by atoms with Gasteiger partial charge in [-0.1, -0.05) is 41.9 Å². The van der Waals surface area contributed by atoms with E-state index < -0.39 is 0 Å². The van der Waals surface area contributed by atoms with Crippen molar-refractivity contribution >= 4 is 29.0 Å². The average molecular weight is 513 g/mol. The molecule has 1 amide bonds. The lowest BCUT2D eigenvalue weighted by molar-refractivity contribution is 0.0951. The maximum Gasteiger partial charge on any atom is 0.251 e. The molecule has 1 aliphatic rings. The van der Waals surface area contributed by atoms with Gasteiger partial charge in [-0.2, -0.15) is 0 Å². The highest BCUT2D eigenvalue weighted by atomic mass is 35.5. The van der Waals surface area contributed by atoms with Crippen LogP contribution >= 0.6 is 11.6 Å². The first-order chi connectivity index (χ1) is 18.0. The van der Waals surface area contributed by atoms with Crippen LogP contribution in [-0.4, -0.2) is 31.1 Å². The number of amides is 1. The molecule has 4 aromatic rings. The number of carbonyl (C=O) groups excluding carboxylic acids is 1. The second-order valence-electron chi connectivity index (χ2n) is 9.12. The number of methoxy groups -OCH3 is 1. The molecule has 37 heavy (non-hydrogen) atoms. The molecule has 0 saturated carbocycles. The Kier molecular flexibility index (Phi) is 7.28. The summed E-state index contributed by atoms with van der Waals surface area (Å²) in [6, 6.07) is 23.5. The molecule has 7 heteroatoms. The van der Waals surface area contributed by atoms with E-state index in [4.69, 9.17) is 21.3 Å². The van der Waals surface area contributed by atoms with E-state index in [0.29, 0.717) is 12.1 Å². The molecular weight excluding hydrogens is 484 g/mol. The molecule has 0 radical (unpaired) electrons. The Morgan fingerprint density at radius 2 is 1.84 bits per heavy atom. The average Bonchev–Trinajstić information content (AvgIpc) is 2.94. The Labute approximate surface area is 222 Å². The smallest absolute Gasteiger partial charge is 0.251 e. The number of ether oxygens (including phenoxy) is 1. The lowest BCUT2D eigenvalue weighted by atomic mass is 10.0. The first-order valence-electron chi connectivity index (χ1n) is 12.3. The zero-order valence-electron chi connectivity index (χ0n) is 20.9. The maximum absolute atomic E-state index is 12.7. The van der Waals surface area contributed by atoms with Crippen molar-refractivity contribution in [2.24, 2.45) is 0 Å². The Morgan fingerprint density at radius 1 is 1.05 bits per heavy atom. The molecule has 1 aliphatic heterocycles. The number of anilines is 2. The third-order valence-electron chi connectivity index (χ3n) is 6.65. The van der Waals surface area contributed by atoms with Crippen molar-refractivity contribution in [3.05, 3.63) is 106 Å². The SMILES string of the molecule is COc1ccc(CNC(=O)c2ccc(-c3cnc4c(c3)N(Cc3cc(Cl)ccc3C)CCN4)cc2)cc1. The molecule has 6 nitrogen and oxygen atoms in total. The number of nitrogens with one attached hydrogen (secondary N) is 2. The third kappa shape index (κ3) is 5.70. The van der Waals surface area contributed by atoms with Crippen molar-refractivity contribution in [3.8, 4) is 16.9 Å². The van der Waals surface area contributed by atoms with Gasteiger partial charge in [0.2, 0.25) is 0 Å². The Hall–Kier alpha value is -4.03. The van der Waals surface area contributed by atoms with E-state index in [2.05, 4.69) is 34.6 Å². The highest BCUT2D eigenvalue weighted by molar-refractivity contribution is 6.30. The van der Waals surface area contributed by atoms with Crippen LogP contribution in [0.5, 0.6) is 5.75 Å². The van der Waals surface area contributed by atoms with E-state index in [9.17, 15) is 4.79 Å². The molecule has 2 heterocycles. The number of halogens is 1. The number of pyridine rings is 1. The lowest BCUT2D eigenvalue weighted by Crippen LogP contribution is -2.34. The van der Waals surface area contributed by atoms with Crippen LogP contribution in [0.1, 0.15) is 27.0 Å². The molecule has 0 atom stereocenters. The summed E-state index contributed by atoms with van der Waals surface area (Å²) in [6.07, 6.45) is 1.87. The van der Waals surface area contributed by atoms with E-state index >= 15 is 0 Å². The molecule has 188 valence electrons. The minimum absolute atomic E-state index is 0.113. The highest BCUT2D eigenvalue weighted by Gasteiger charge is 2.20. The maximum atomic E-state index is 12.7. The van der Waals surface area contributed by atoms with Gasteiger partial charge in [-0.15, -0.1) is 0 Å². The van der Waals surface area contributed by atoms with Gasteiger partial charge in [0.15, 0.2) is 0 Å². The fourth-order valence-corrected chi connectivity index (χ4v) is 4.63. The quantitative estimate of drug-likeness (QED) is 0.314. The topological polar surface area (TPSA) is 66.5 Å². The Bertz CT molecular complexity index is 1400. The second kappa shape index (κ2) is 10.9. The van der Waals surface area contributed by atoms with Crippen molar-refractivity contribution < 1.29 is 9.53 Å². The van der Waals surface area contributed by atoms with Crippen LogP contribution in [0.25, 0.3) is 11.1 Å². The van der Waals surface area contributed by atoms with Crippen molar-refractivity contribution in [2.45, 2.75) is 20.0 Å². The summed E-state index contributed by atoms with van der Waals surface area (Å²) in [5.74, 6) is 1.56. The number of aromatic nitrogens is 1. The first-order valence-corrected chi connectivity index (χ1v) is 12.6. The largest absolute Gasteiger partial charge is 0.497 e. The van der Waals surface area contributed by atoms with Gasteiger partial charge in [-0.25, -0.2) is 4.98 Å². The zero-order valence-corrected chi connectivity index (χ0v) is 21.7. The fourth-order valence-electron chi connectivity index (χ4n) is 4.44. The summed E-state index contributed by atoms with van der Waals surface area (Å²) in [5, 5.41) is 7.12. The molecule has 0 saturated heterocycles. The molecule has 0 unspecified atom stereocenters. The monoisotopic (exact) mass is 512 g/mol. The first kappa shape index (κ1) is 24.7. The number of benzene rings is 3. The molecular formula is C30H29ClN4O2. The minimum Gasteiger partial charge on any atom is -0.497 e. The van der Waals surface area contributed by atoms with E-state index in [-0.39, 0.29) is 5.91 Å². The summed E-state index contributed by atoms with van der Waals surface area (Å²) >= 11 is 6.26. The van der Waals surface area contributed by atoms with E-state index in [1.807, 2.05) is 66.9 Å². The molecule has 0 bridgehead atoms. The van der Waals surface area contributed by atoms with E-state index in [1.54, 1.807) is 7.11 Å². The predicted octanol–water partition coefficient (Wildman–Crippen LogP) is 6.08. The second-order valence-corrected chi connectivity index (χ2v) is 9.56. The number of nitrogens with zero attached hydrogens (tertiary/aromatic N) is 2. The Balaban J connectivity index is 1.30. The summed E-state index contributed by atoms with van der Waals surface area (Å²) in [6.45, 7) is 5.03. The molecule has 0 fully saturated rings. The van der Waals surface area contributed by atoms with Crippen LogP contribution in [-0.2, 0) is 13.1 Å². The summed E-state index contributed by atoms with van der Waals surface area (Å²) < 4.78 is 5.18. The lowest BCUT2D eigenvalue weighted by Gasteiger charge is -2.32. The predicted molar refractivity (Wildman–Crippen MR) is 150 cm³/mol. The van der Waals surface area contributed by atoms with Crippen LogP contribution in [0.3, 0.4) is 0 Å². The van der Waals surface area contributed by atoms with E-state index in [0.717, 1.165) is 58.6 Å². The van der Waals surface area contributed by atoms with Crippen molar-refractivity contribution in [1.82, 2.24) is 10.3 Å². The highest BCUT2D eigenvalue weighted by Crippen LogP contribution is 2.33. The van der Waals surface area contributed by atoms with Crippen LogP contribution < -0.4 is 20.3 Å². The molecule has 2 N–H and O–H groups in total. The summed E-state index contributed by atoms with van der Waals surface area (Å²) in [7, 11) is 1.63. The standard InChI is InChI=1S/C30H29ClN4O2/c1-20-3-10-26(31)15-25(20)19-35-14-13-32-29-28(35)16-24(18-33-29)22-6-8-23(9-7-22)30(36)34-17-21-4-11-27(37-2)12-5-21/h3-12,15-16,18H,13-14,17,19H2,1-2H3,(H,32,33)(H,34,36). The molecule has 0 spiro atoms. The minimum atomic E-state index is -0.113. The summed E-state index contributed by atoms with van der Waals surface area (Å²) in [4.78, 5) is 19.7. The van der Waals surface area contributed by atoms with E-state index in [1.165, 1.54) is 11.1 Å². The van der Waals surface area contributed by atoms with Gasteiger partial charge in [0.05, 0.1) is 12.8 Å². The number of aryl methyl sites for hydroxylation is 1. The number of hydrogen-bond donors (Lipinski definition) is 2. The zero-order chi connectivity index (χ0) is 25.8. The number of rotatable bonds is 7. The number of carbonyl (C=O) groups is 1. The molecule has 1 aromatic heterocycles. The van der Waals surface area contributed by atoms with Gasteiger partial charge in [-0.05, 0) is 71.6 Å². The van der Waals surface area contributed by atoms with Gasteiger partial charge in [0.25, 0.3) is 5.91 Å². The van der Waals surface area contributed by atoms with Crippen molar-refractivity contribution in [2.75, 3.05) is 30.4 Å². The summed E-state index contributed by atoms with van der Waals surface area (Å²) in [5.41, 5.74) is 7.11. The third-order valence-corrected chi connectivity index (χ3v) is 6.88. The fraction of sp³-hybridized carbons (Fsp3) is 0.200. The van der Waals surface area contributed by atoms with Gasteiger partial charge in [-0.3, -0.25) is 4.79 Å². The normalized spacial score (nSPS) is 12.5. The van der Waals surface area contributed by atoms with Gasteiger partial charge in [0.1, 0.15) is 11.6 Å². The van der Waals surface area contributed by atoms with Crippen molar-refractivity contribution in [1.29, 1.82) is 0 Å². The van der Waals surface area contributed by atoms with Gasteiger partial charge < -0.3 is 20.3 Å². The van der Waals surface area contributed by atoms with Crippen LogP contribution in [0.2, 0.25) is 5.02 Å². The van der Waals surface area contributed by atoms with Gasteiger partial charge in [0, 0.05) is 48.5 Å². The number of hydrogen-bond acceptors (Lipinski definition) is 5. The molecule has 3 aromatic carbocycles. The molecule has 5 rings (SSSR count). The van der Waals surface area contributed by atoms with Crippen LogP contribution in [0, 0.1) is 6.92 Å². The molecule has 0 aliphatic carbocycles. The Morgan fingerprint density at radius 3 is 2.59 bits per heavy atom. The van der Waals surface area contributed by atoms with Crippen LogP contribution in [0.15, 0.2) is 79.0 Å².